The molecule has 2 aliphatic rings. The fourth-order valence-electron chi connectivity index (χ4n) is 2.86. The largest absolute Gasteiger partial charge is 0.311 e. The maximum Gasteiger partial charge on any atom is 0.0207 e. The minimum Gasteiger partial charge on any atom is -0.311 e. The monoisotopic (exact) mass is 239 g/mol. The molecule has 1 unspecified atom stereocenters. The summed E-state index contributed by atoms with van der Waals surface area (Å²) in [4.78, 5) is 4.96. The van der Waals surface area contributed by atoms with Crippen LogP contribution in [0.15, 0.2) is 0 Å². The van der Waals surface area contributed by atoms with Gasteiger partial charge in [0.15, 0.2) is 0 Å². The first kappa shape index (κ1) is 13.3. The van der Waals surface area contributed by atoms with E-state index in [-0.39, 0.29) is 0 Å². The van der Waals surface area contributed by atoms with E-state index in [1.165, 1.54) is 58.3 Å². The van der Waals surface area contributed by atoms with E-state index in [1.54, 1.807) is 0 Å². The van der Waals surface area contributed by atoms with Crippen LogP contribution in [0.1, 0.15) is 32.1 Å². The van der Waals surface area contributed by atoms with Gasteiger partial charge in [-0.1, -0.05) is 19.3 Å². The van der Waals surface area contributed by atoms with Crippen molar-refractivity contribution in [3.05, 3.63) is 0 Å². The number of hydrogen-bond donors (Lipinski definition) is 1. The van der Waals surface area contributed by atoms with Crippen molar-refractivity contribution >= 4 is 0 Å². The third-order valence-corrected chi connectivity index (χ3v) is 4.46. The molecule has 0 radical (unpaired) electrons. The molecule has 0 spiro atoms. The van der Waals surface area contributed by atoms with Gasteiger partial charge < -0.3 is 15.1 Å². The normalized spacial score (nSPS) is 27.4. The third-order valence-electron chi connectivity index (χ3n) is 4.46. The lowest BCUT2D eigenvalue weighted by molar-refractivity contribution is 0.201. The second kappa shape index (κ2) is 6.72. The molecule has 0 bridgehead atoms. The average molecular weight is 239 g/mol. The van der Waals surface area contributed by atoms with E-state index in [0.717, 1.165) is 12.5 Å². The SMILES string of the molecule is CN(CCC1CCC1)CCC1CN(C)CCN1. The van der Waals surface area contributed by atoms with Crippen LogP contribution < -0.4 is 5.32 Å². The highest BCUT2D eigenvalue weighted by atomic mass is 15.2. The first-order valence-corrected chi connectivity index (χ1v) is 7.34. The summed E-state index contributed by atoms with van der Waals surface area (Å²) in [5.74, 6) is 1.05. The lowest BCUT2D eigenvalue weighted by Crippen LogP contribution is -2.49. The molecule has 0 aromatic carbocycles. The van der Waals surface area contributed by atoms with Gasteiger partial charge in [-0.3, -0.25) is 0 Å². The molecule has 2 rings (SSSR count). The van der Waals surface area contributed by atoms with Crippen molar-refractivity contribution in [1.82, 2.24) is 15.1 Å². The molecule has 3 heteroatoms. The summed E-state index contributed by atoms with van der Waals surface area (Å²) in [6, 6.07) is 0.708. The molecule has 1 saturated carbocycles. The van der Waals surface area contributed by atoms with Crippen LogP contribution in [0, 0.1) is 5.92 Å². The Morgan fingerprint density at radius 2 is 2.00 bits per heavy atom. The third kappa shape index (κ3) is 4.57. The van der Waals surface area contributed by atoms with Crippen LogP contribution in [0.2, 0.25) is 0 Å². The van der Waals surface area contributed by atoms with Gasteiger partial charge in [-0.25, -0.2) is 0 Å². The summed E-state index contributed by atoms with van der Waals surface area (Å²) in [5.41, 5.74) is 0. The highest BCUT2D eigenvalue weighted by Gasteiger charge is 2.19. The lowest BCUT2D eigenvalue weighted by Gasteiger charge is -2.32. The van der Waals surface area contributed by atoms with Gasteiger partial charge in [-0.2, -0.15) is 0 Å². The standard InChI is InChI=1S/C14H29N3/c1-16(9-6-13-4-3-5-13)10-7-14-12-17(2)11-8-15-14/h13-15H,3-12H2,1-2H3. The van der Waals surface area contributed by atoms with Crippen LogP contribution in [0.5, 0.6) is 0 Å². The maximum atomic E-state index is 3.62. The van der Waals surface area contributed by atoms with Crippen LogP contribution in [-0.2, 0) is 0 Å². The van der Waals surface area contributed by atoms with E-state index < -0.39 is 0 Å². The highest BCUT2D eigenvalue weighted by Crippen LogP contribution is 2.29. The lowest BCUT2D eigenvalue weighted by atomic mass is 9.83. The van der Waals surface area contributed by atoms with E-state index in [9.17, 15) is 0 Å². The molecule has 1 N–H and O–H groups in total. The van der Waals surface area contributed by atoms with Gasteiger partial charge in [-0.15, -0.1) is 0 Å². The first-order chi connectivity index (χ1) is 8.24. The molecule has 1 aliphatic carbocycles. The van der Waals surface area contributed by atoms with Gasteiger partial charge in [0, 0.05) is 25.7 Å². The van der Waals surface area contributed by atoms with Crippen LogP contribution in [-0.4, -0.2) is 62.7 Å². The summed E-state index contributed by atoms with van der Waals surface area (Å²) in [6.45, 7) is 6.13. The number of nitrogens with one attached hydrogen (secondary N) is 1. The fourth-order valence-corrected chi connectivity index (χ4v) is 2.86. The summed E-state index contributed by atoms with van der Waals surface area (Å²) in [5, 5.41) is 3.62. The number of hydrogen-bond acceptors (Lipinski definition) is 3. The van der Waals surface area contributed by atoms with Crippen molar-refractivity contribution in [1.29, 1.82) is 0 Å². The topological polar surface area (TPSA) is 18.5 Å². The van der Waals surface area contributed by atoms with Gasteiger partial charge >= 0.3 is 0 Å². The molecule has 0 amide bonds. The minimum absolute atomic E-state index is 0.708. The Morgan fingerprint density at radius 3 is 2.65 bits per heavy atom. The molecule has 100 valence electrons. The van der Waals surface area contributed by atoms with Crippen molar-refractivity contribution < 1.29 is 0 Å². The Balaban J connectivity index is 1.53. The van der Waals surface area contributed by atoms with Gasteiger partial charge in [0.25, 0.3) is 0 Å². The Bertz CT molecular complexity index is 216. The van der Waals surface area contributed by atoms with Crippen molar-refractivity contribution in [2.75, 3.05) is 46.8 Å². The zero-order valence-electron chi connectivity index (χ0n) is 11.6. The Labute approximate surface area is 107 Å². The van der Waals surface area contributed by atoms with Crippen molar-refractivity contribution in [3.8, 4) is 0 Å². The van der Waals surface area contributed by atoms with Gasteiger partial charge in [-0.05, 0) is 45.9 Å². The van der Waals surface area contributed by atoms with Gasteiger partial charge in [0.1, 0.15) is 0 Å². The molecule has 1 heterocycles. The van der Waals surface area contributed by atoms with Crippen molar-refractivity contribution in [3.63, 3.8) is 0 Å². The predicted molar refractivity (Wildman–Crippen MR) is 73.4 cm³/mol. The zero-order chi connectivity index (χ0) is 12.1. The van der Waals surface area contributed by atoms with Crippen LogP contribution >= 0.6 is 0 Å². The number of nitrogens with zero attached hydrogens (tertiary/aromatic N) is 2. The number of likely N-dealkylation sites (N-methyl/N-ethyl adjacent to an activating group) is 1. The quantitative estimate of drug-likeness (QED) is 0.756. The molecule has 1 atom stereocenters. The highest BCUT2D eigenvalue weighted by molar-refractivity contribution is 4.78. The summed E-state index contributed by atoms with van der Waals surface area (Å²) in [7, 11) is 4.51. The fraction of sp³-hybridized carbons (Fsp3) is 1.00. The Morgan fingerprint density at radius 1 is 1.24 bits per heavy atom. The van der Waals surface area contributed by atoms with Crippen molar-refractivity contribution in [2.24, 2.45) is 5.92 Å². The molecule has 0 aromatic rings. The van der Waals surface area contributed by atoms with Gasteiger partial charge in [0.05, 0.1) is 0 Å². The van der Waals surface area contributed by atoms with Gasteiger partial charge in [0.2, 0.25) is 0 Å². The molecule has 2 fully saturated rings. The molecule has 1 aliphatic heterocycles. The van der Waals surface area contributed by atoms with Crippen LogP contribution in [0.25, 0.3) is 0 Å². The van der Waals surface area contributed by atoms with E-state index >= 15 is 0 Å². The van der Waals surface area contributed by atoms with E-state index in [1.807, 2.05) is 0 Å². The zero-order valence-corrected chi connectivity index (χ0v) is 11.6. The summed E-state index contributed by atoms with van der Waals surface area (Å²) in [6.07, 6.45) is 7.18. The maximum absolute atomic E-state index is 3.62. The number of rotatable bonds is 6. The van der Waals surface area contributed by atoms with E-state index in [4.69, 9.17) is 0 Å². The number of piperazine rings is 1. The smallest absolute Gasteiger partial charge is 0.0207 e. The average Bonchev–Trinajstić information content (AvgIpc) is 2.24. The molecule has 3 nitrogen and oxygen atoms in total. The van der Waals surface area contributed by atoms with E-state index in [0.29, 0.717) is 6.04 Å². The summed E-state index contributed by atoms with van der Waals surface area (Å²) >= 11 is 0. The molecule has 0 aromatic heterocycles. The van der Waals surface area contributed by atoms with E-state index in [2.05, 4.69) is 29.2 Å². The second-order valence-electron chi connectivity index (χ2n) is 6.09. The van der Waals surface area contributed by atoms with Crippen LogP contribution in [0.4, 0.5) is 0 Å². The minimum atomic E-state index is 0.708. The predicted octanol–water partition coefficient (Wildman–Crippen LogP) is 1.40. The van der Waals surface area contributed by atoms with Crippen molar-refractivity contribution in [2.45, 2.75) is 38.1 Å². The Kier molecular flexibility index (Phi) is 5.26. The summed E-state index contributed by atoms with van der Waals surface area (Å²) < 4.78 is 0. The second-order valence-corrected chi connectivity index (χ2v) is 6.09. The first-order valence-electron chi connectivity index (χ1n) is 7.34. The molecule has 17 heavy (non-hydrogen) atoms. The van der Waals surface area contributed by atoms with Crippen LogP contribution in [0.3, 0.4) is 0 Å². The Hall–Kier alpha value is -0.120. The molecular weight excluding hydrogens is 210 g/mol. The molecule has 1 saturated heterocycles. The molecular formula is C14H29N3.